The highest BCUT2D eigenvalue weighted by atomic mass is 16.5. The molecule has 7 heteroatoms. The third-order valence-electron chi connectivity index (χ3n) is 3.11. The largest absolute Gasteiger partial charge is 0.439 e. The summed E-state index contributed by atoms with van der Waals surface area (Å²) in [5.41, 5.74) is 0.648. The van der Waals surface area contributed by atoms with E-state index in [1.54, 1.807) is 43.5 Å². The first-order chi connectivity index (χ1) is 11.7. The Kier molecular flexibility index (Phi) is 4.81. The molecule has 1 N–H and O–H groups in total. The molecule has 3 rings (SSSR count). The van der Waals surface area contributed by atoms with Crippen molar-refractivity contribution in [1.29, 1.82) is 0 Å². The van der Waals surface area contributed by atoms with Gasteiger partial charge in [-0.05, 0) is 25.1 Å². The van der Waals surface area contributed by atoms with E-state index in [9.17, 15) is 4.79 Å². The van der Waals surface area contributed by atoms with Crippen LogP contribution in [-0.4, -0.2) is 21.0 Å². The molecule has 0 atom stereocenters. The lowest BCUT2D eigenvalue weighted by Crippen LogP contribution is -2.12. The molecule has 0 aliphatic heterocycles. The van der Waals surface area contributed by atoms with Gasteiger partial charge in [0.2, 0.25) is 17.7 Å². The molecule has 0 fully saturated rings. The molecule has 0 saturated carbocycles. The van der Waals surface area contributed by atoms with E-state index in [-0.39, 0.29) is 12.3 Å². The Morgan fingerprint density at radius 2 is 2.17 bits per heavy atom. The van der Waals surface area contributed by atoms with Crippen LogP contribution in [0.15, 0.2) is 53.2 Å². The monoisotopic (exact) mass is 324 g/mol. The molecule has 0 aliphatic carbocycles. The molecule has 3 aromatic rings. The number of benzene rings is 1. The number of nitrogens with one attached hydrogen (secondary N) is 1. The van der Waals surface area contributed by atoms with Gasteiger partial charge in [0.05, 0.1) is 0 Å². The third kappa shape index (κ3) is 4.39. The van der Waals surface area contributed by atoms with E-state index in [0.29, 0.717) is 35.5 Å². The number of carbonyl (C=O) groups excluding carboxylic acids is 1. The van der Waals surface area contributed by atoms with Gasteiger partial charge < -0.3 is 14.6 Å². The molecule has 2 aromatic heterocycles. The molecule has 122 valence electrons. The Hall–Kier alpha value is -3.22. The number of aryl methyl sites for hydroxylation is 2. The molecule has 0 radical (unpaired) electrons. The number of aromatic nitrogens is 3. The minimum Gasteiger partial charge on any atom is -0.439 e. The second-order valence-corrected chi connectivity index (χ2v) is 5.08. The summed E-state index contributed by atoms with van der Waals surface area (Å²) in [6.07, 6.45) is 2.31. The first-order valence-electron chi connectivity index (χ1n) is 7.47. The van der Waals surface area contributed by atoms with Gasteiger partial charge >= 0.3 is 0 Å². The van der Waals surface area contributed by atoms with Crippen molar-refractivity contribution < 1.29 is 14.1 Å². The summed E-state index contributed by atoms with van der Waals surface area (Å²) in [5, 5.41) is 6.51. The van der Waals surface area contributed by atoms with Crippen molar-refractivity contribution in [3.05, 3.63) is 60.4 Å². The van der Waals surface area contributed by atoms with Gasteiger partial charge in [0.25, 0.3) is 0 Å². The van der Waals surface area contributed by atoms with E-state index in [1.807, 2.05) is 12.1 Å². The zero-order valence-corrected chi connectivity index (χ0v) is 13.1. The average molecular weight is 324 g/mol. The smallest absolute Gasteiger partial charge is 0.227 e. The van der Waals surface area contributed by atoms with Crippen LogP contribution >= 0.6 is 0 Å². The fraction of sp³-hybridized carbons (Fsp3) is 0.176. The molecule has 0 bridgehead atoms. The van der Waals surface area contributed by atoms with Gasteiger partial charge in [-0.15, -0.1) is 0 Å². The van der Waals surface area contributed by atoms with Crippen LogP contribution in [0.25, 0.3) is 0 Å². The van der Waals surface area contributed by atoms with Crippen LogP contribution in [0.1, 0.15) is 18.1 Å². The Morgan fingerprint density at radius 1 is 1.25 bits per heavy atom. The van der Waals surface area contributed by atoms with Gasteiger partial charge in [0.1, 0.15) is 5.75 Å². The van der Waals surface area contributed by atoms with E-state index in [0.717, 1.165) is 0 Å². The zero-order valence-electron chi connectivity index (χ0n) is 13.1. The van der Waals surface area contributed by atoms with Crippen molar-refractivity contribution in [1.82, 2.24) is 15.1 Å². The maximum atomic E-state index is 12.0. The number of anilines is 1. The number of rotatable bonds is 6. The van der Waals surface area contributed by atoms with Crippen molar-refractivity contribution in [3.63, 3.8) is 0 Å². The number of hydrogen-bond acceptors (Lipinski definition) is 6. The second-order valence-electron chi connectivity index (χ2n) is 5.08. The van der Waals surface area contributed by atoms with Crippen LogP contribution in [-0.2, 0) is 11.2 Å². The number of carbonyl (C=O) groups is 1. The molecule has 1 aromatic carbocycles. The van der Waals surface area contributed by atoms with Gasteiger partial charge in [-0.1, -0.05) is 17.3 Å². The Balaban J connectivity index is 1.56. The molecule has 24 heavy (non-hydrogen) atoms. The fourth-order valence-corrected chi connectivity index (χ4v) is 2.05. The van der Waals surface area contributed by atoms with Crippen molar-refractivity contribution in [3.8, 4) is 11.6 Å². The van der Waals surface area contributed by atoms with Gasteiger partial charge in [0.15, 0.2) is 5.82 Å². The minimum absolute atomic E-state index is 0.138. The van der Waals surface area contributed by atoms with E-state index < -0.39 is 0 Å². The number of nitrogens with zero attached hydrogens (tertiary/aromatic N) is 3. The third-order valence-corrected chi connectivity index (χ3v) is 3.11. The highest BCUT2D eigenvalue weighted by Crippen LogP contribution is 2.22. The average Bonchev–Trinajstić information content (AvgIpc) is 3.00. The lowest BCUT2D eigenvalue weighted by atomic mass is 10.2. The van der Waals surface area contributed by atoms with Crippen LogP contribution < -0.4 is 10.1 Å². The summed E-state index contributed by atoms with van der Waals surface area (Å²) < 4.78 is 10.6. The standard InChI is InChI=1S/C17H16N4O3/c1-12-19-17(24-21-12)9-8-15(22)20-13-5-4-6-14(11-13)23-16-7-2-3-10-18-16/h2-7,10-11H,8-9H2,1H3,(H,20,22). The van der Waals surface area contributed by atoms with Gasteiger partial charge in [-0.25, -0.2) is 4.98 Å². The Labute approximate surface area is 138 Å². The normalized spacial score (nSPS) is 10.4. The molecule has 0 spiro atoms. The quantitative estimate of drug-likeness (QED) is 0.749. The Morgan fingerprint density at radius 3 is 2.92 bits per heavy atom. The fourth-order valence-electron chi connectivity index (χ4n) is 2.05. The summed E-state index contributed by atoms with van der Waals surface area (Å²) in [5.74, 6) is 1.97. The minimum atomic E-state index is -0.138. The van der Waals surface area contributed by atoms with Gasteiger partial charge in [-0.3, -0.25) is 4.79 Å². The van der Waals surface area contributed by atoms with E-state index in [1.165, 1.54) is 0 Å². The summed E-state index contributed by atoms with van der Waals surface area (Å²) in [7, 11) is 0. The van der Waals surface area contributed by atoms with Crippen molar-refractivity contribution in [2.45, 2.75) is 19.8 Å². The zero-order chi connectivity index (χ0) is 16.8. The molecular formula is C17H16N4O3. The first kappa shape index (κ1) is 15.7. The van der Waals surface area contributed by atoms with Crippen molar-refractivity contribution >= 4 is 11.6 Å². The summed E-state index contributed by atoms with van der Waals surface area (Å²) in [4.78, 5) is 20.2. The van der Waals surface area contributed by atoms with Crippen LogP contribution in [0, 0.1) is 6.92 Å². The van der Waals surface area contributed by atoms with Gasteiger partial charge in [-0.2, -0.15) is 4.98 Å². The van der Waals surface area contributed by atoms with Crippen LogP contribution in [0.3, 0.4) is 0 Å². The first-order valence-corrected chi connectivity index (χ1v) is 7.47. The maximum Gasteiger partial charge on any atom is 0.227 e. The predicted molar refractivity (Wildman–Crippen MR) is 86.7 cm³/mol. The molecule has 7 nitrogen and oxygen atoms in total. The topological polar surface area (TPSA) is 90.1 Å². The molecule has 0 unspecified atom stereocenters. The van der Waals surface area contributed by atoms with E-state index in [2.05, 4.69) is 20.4 Å². The van der Waals surface area contributed by atoms with Crippen LogP contribution in [0.4, 0.5) is 5.69 Å². The lowest BCUT2D eigenvalue weighted by molar-refractivity contribution is -0.116. The maximum absolute atomic E-state index is 12.0. The Bertz CT molecular complexity index is 817. The van der Waals surface area contributed by atoms with E-state index >= 15 is 0 Å². The number of ether oxygens (including phenoxy) is 1. The molecule has 2 heterocycles. The highest BCUT2D eigenvalue weighted by Gasteiger charge is 2.08. The van der Waals surface area contributed by atoms with Crippen molar-refractivity contribution in [2.75, 3.05) is 5.32 Å². The number of amides is 1. The lowest BCUT2D eigenvalue weighted by Gasteiger charge is -2.08. The molecule has 0 aliphatic rings. The number of pyridine rings is 1. The van der Waals surface area contributed by atoms with Crippen LogP contribution in [0.5, 0.6) is 11.6 Å². The highest BCUT2D eigenvalue weighted by molar-refractivity contribution is 5.90. The van der Waals surface area contributed by atoms with Gasteiger partial charge in [0, 0.05) is 36.9 Å². The summed E-state index contributed by atoms with van der Waals surface area (Å²) in [6.45, 7) is 1.74. The summed E-state index contributed by atoms with van der Waals surface area (Å²) >= 11 is 0. The molecule has 1 amide bonds. The SMILES string of the molecule is Cc1noc(CCC(=O)Nc2cccc(Oc3ccccn3)c2)n1. The molecular weight excluding hydrogens is 308 g/mol. The molecule has 0 saturated heterocycles. The second kappa shape index (κ2) is 7.36. The van der Waals surface area contributed by atoms with E-state index in [4.69, 9.17) is 9.26 Å². The summed E-state index contributed by atoms with van der Waals surface area (Å²) in [6, 6.07) is 12.5. The van der Waals surface area contributed by atoms with Crippen LogP contribution in [0.2, 0.25) is 0 Å². The number of hydrogen-bond donors (Lipinski definition) is 1. The van der Waals surface area contributed by atoms with Crippen molar-refractivity contribution in [2.24, 2.45) is 0 Å². The predicted octanol–water partition coefficient (Wildman–Crippen LogP) is 3.14.